The molecule has 0 fully saturated rings. The van der Waals surface area contributed by atoms with Crippen LogP contribution in [0.25, 0.3) is 0 Å². The van der Waals surface area contributed by atoms with Crippen LogP contribution in [0.1, 0.15) is 6.92 Å². The Morgan fingerprint density at radius 1 is 1.22 bits per heavy atom. The summed E-state index contributed by atoms with van der Waals surface area (Å²) >= 11 is 0. The molecule has 0 amide bonds. The van der Waals surface area contributed by atoms with Gasteiger partial charge in [0.15, 0.2) is 12.3 Å². The number of hydrogen-bond acceptors (Lipinski definition) is 0. The van der Waals surface area contributed by atoms with Gasteiger partial charge in [-0.15, -0.1) is 0 Å². The molecule has 0 aromatic heterocycles. The van der Waals surface area contributed by atoms with E-state index in [4.69, 9.17) is 0 Å². The van der Waals surface area contributed by atoms with E-state index in [0.717, 1.165) is 6.92 Å². The van der Waals surface area contributed by atoms with Crippen molar-refractivity contribution in [3.8, 4) is 0 Å². The van der Waals surface area contributed by atoms with Crippen LogP contribution in [0.4, 0.5) is 17.6 Å². The van der Waals surface area contributed by atoms with Gasteiger partial charge in [0.1, 0.15) is 12.8 Å². The van der Waals surface area contributed by atoms with Crippen LogP contribution < -0.4 is 0 Å². The Bertz CT molecular complexity index is 73.4. The molecule has 0 nitrogen and oxygen atoms in total. The van der Waals surface area contributed by atoms with Crippen LogP contribution >= 0.6 is 0 Å². The van der Waals surface area contributed by atoms with Gasteiger partial charge < -0.3 is 0 Å². The number of halogens is 4. The summed E-state index contributed by atoms with van der Waals surface area (Å²) in [7, 11) is 0. The van der Waals surface area contributed by atoms with Gasteiger partial charge in [-0.1, -0.05) is 0 Å². The molecule has 0 bridgehead atoms. The first-order valence-electron chi connectivity index (χ1n) is 2.57. The predicted molar refractivity (Wildman–Crippen MR) is 26.3 cm³/mol. The van der Waals surface area contributed by atoms with E-state index in [2.05, 4.69) is 0 Å². The molecule has 0 aliphatic carbocycles. The van der Waals surface area contributed by atoms with E-state index in [1.54, 1.807) is 0 Å². The molecule has 0 aromatic rings. The van der Waals surface area contributed by atoms with Crippen molar-refractivity contribution >= 4 is 0 Å². The van der Waals surface area contributed by atoms with Crippen molar-refractivity contribution in [3.05, 3.63) is 0 Å². The summed E-state index contributed by atoms with van der Waals surface area (Å²) in [6, 6.07) is 0. The van der Waals surface area contributed by atoms with Crippen LogP contribution in [0, 0.1) is 0 Å². The fraction of sp³-hybridized carbons (Fsp3) is 1.00. The highest BCUT2D eigenvalue weighted by Gasteiger charge is 2.25. The van der Waals surface area contributed by atoms with Crippen LogP contribution in [0.2, 0.25) is 0 Å². The summed E-state index contributed by atoms with van der Waals surface area (Å²) in [5.41, 5.74) is 0. The number of rotatable bonds is 3. The third-order valence-corrected chi connectivity index (χ3v) is 0.932. The lowest BCUT2D eigenvalue weighted by molar-refractivity contribution is 0.0755. The lowest BCUT2D eigenvalue weighted by Gasteiger charge is -2.09. The fourth-order valence-corrected chi connectivity index (χ4v) is 0.373. The molecule has 0 radical (unpaired) electrons. The molecule has 3 unspecified atom stereocenters. The van der Waals surface area contributed by atoms with Gasteiger partial charge in [0.05, 0.1) is 0 Å². The summed E-state index contributed by atoms with van der Waals surface area (Å²) in [6.45, 7) is -0.609. The van der Waals surface area contributed by atoms with Crippen molar-refractivity contribution in [2.75, 3.05) is 6.67 Å². The van der Waals surface area contributed by atoms with E-state index < -0.39 is 25.2 Å². The topological polar surface area (TPSA) is 0 Å². The average molecular weight is 144 g/mol. The molecule has 0 aliphatic heterocycles. The maximum Gasteiger partial charge on any atom is 0.164 e. The maximum absolute atomic E-state index is 11.9. The van der Waals surface area contributed by atoms with Crippen molar-refractivity contribution in [2.45, 2.75) is 25.4 Å². The smallest absolute Gasteiger partial charge is 0.164 e. The summed E-state index contributed by atoms with van der Waals surface area (Å²) in [5, 5.41) is 0. The number of alkyl halides is 4. The second-order valence-electron chi connectivity index (χ2n) is 1.79. The zero-order valence-electron chi connectivity index (χ0n) is 4.95. The Balaban J connectivity index is 3.58. The first-order chi connectivity index (χ1) is 4.09. The van der Waals surface area contributed by atoms with Gasteiger partial charge >= 0.3 is 0 Å². The van der Waals surface area contributed by atoms with Gasteiger partial charge in [0, 0.05) is 0 Å². The second-order valence-corrected chi connectivity index (χ2v) is 1.79. The van der Waals surface area contributed by atoms with E-state index in [0.29, 0.717) is 0 Å². The van der Waals surface area contributed by atoms with E-state index in [1.807, 2.05) is 0 Å². The summed E-state index contributed by atoms with van der Waals surface area (Å²) in [6.07, 6.45) is -6.57. The van der Waals surface area contributed by atoms with Crippen molar-refractivity contribution in [1.82, 2.24) is 0 Å². The van der Waals surface area contributed by atoms with Crippen molar-refractivity contribution in [2.24, 2.45) is 0 Å². The lowest BCUT2D eigenvalue weighted by Crippen LogP contribution is -2.27. The largest absolute Gasteiger partial charge is 0.248 e. The Morgan fingerprint density at radius 3 is 1.78 bits per heavy atom. The highest BCUT2D eigenvalue weighted by molar-refractivity contribution is 4.71. The molecule has 0 aliphatic rings. The first-order valence-corrected chi connectivity index (χ1v) is 2.57. The zero-order valence-corrected chi connectivity index (χ0v) is 4.95. The molecule has 3 atom stereocenters. The lowest BCUT2D eigenvalue weighted by atomic mass is 10.2. The van der Waals surface area contributed by atoms with Crippen LogP contribution in [-0.2, 0) is 0 Å². The zero-order chi connectivity index (χ0) is 7.44. The first kappa shape index (κ1) is 8.72. The monoisotopic (exact) mass is 144 g/mol. The normalized spacial score (nSPS) is 21.0. The Hall–Kier alpha value is -0.280. The third-order valence-electron chi connectivity index (χ3n) is 0.932. The molecule has 0 spiro atoms. The Kier molecular flexibility index (Phi) is 3.58. The molecule has 0 rings (SSSR count). The standard InChI is InChI=1S/C5H8F4/c1-3(7)5(9)4(8)2-6/h3-5H,2H2,1H3. The molecular formula is C5H8F4. The van der Waals surface area contributed by atoms with Crippen molar-refractivity contribution in [3.63, 3.8) is 0 Å². The molecule has 56 valence electrons. The molecule has 0 saturated heterocycles. The summed E-state index contributed by atoms with van der Waals surface area (Å²) in [4.78, 5) is 0. The third kappa shape index (κ3) is 2.67. The minimum Gasteiger partial charge on any atom is -0.248 e. The maximum atomic E-state index is 11.9. The van der Waals surface area contributed by atoms with Gasteiger partial charge in [0.25, 0.3) is 0 Å². The van der Waals surface area contributed by atoms with Gasteiger partial charge in [-0.2, -0.15) is 0 Å². The minimum absolute atomic E-state index is 0.854. The van der Waals surface area contributed by atoms with Crippen LogP contribution in [0.15, 0.2) is 0 Å². The summed E-state index contributed by atoms with van der Waals surface area (Å²) < 4.78 is 46.7. The quantitative estimate of drug-likeness (QED) is 0.531. The van der Waals surface area contributed by atoms with Crippen LogP contribution in [0.5, 0.6) is 0 Å². The molecule has 0 heterocycles. The molecule has 0 N–H and O–H groups in total. The average Bonchev–Trinajstić information content (AvgIpc) is 1.84. The fourth-order valence-electron chi connectivity index (χ4n) is 0.373. The minimum atomic E-state index is -2.32. The molecule has 9 heavy (non-hydrogen) atoms. The van der Waals surface area contributed by atoms with E-state index in [9.17, 15) is 17.6 Å². The van der Waals surface area contributed by atoms with Crippen LogP contribution in [-0.4, -0.2) is 25.2 Å². The molecule has 0 saturated carbocycles. The Morgan fingerprint density at radius 2 is 1.67 bits per heavy atom. The number of hydrogen-bond donors (Lipinski definition) is 0. The van der Waals surface area contributed by atoms with Gasteiger partial charge in [0.2, 0.25) is 0 Å². The molecule has 0 aromatic carbocycles. The van der Waals surface area contributed by atoms with Gasteiger partial charge in [-0.25, -0.2) is 17.6 Å². The highest BCUT2D eigenvalue weighted by atomic mass is 19.2. The summed E-state index contributed by atoms with van der Waals surface area (Å²) in [5.74, 6) is 0. The Labute approximate surface area is 50.9 Å². The van der Waals surface area contributed by atoms with E-state index in [1.165, 1.54) is 0 Å². The second kappa shape index (κ2) is 3.69. The van der Waals surface area contributed by atoms with E-state index >= 15 is 0 Å². The van der Waals surface area contributed by atoms with Gasteiger partial charge in [-0.3, -0.25) is 0 Å². The molecule has 4 heteroatoms. The molecular weight excluding hydrogens is 136 g/mol. The van der Waals surface area contributed by atoms with Crippen LogP contribution in [0.3, 0.4) is 0 Å². The predicted octanol–water partition coefficient (Wildman–Crippen LogP) is 1.99. The SMILES string of the molecule is CC(F)C(F)C(F)CF. The van der Waals surface area contributed by atoms with Gasteiger partial charge in [-0.05, 0) is 6.92 Å². The van der Waals surface area contributed by atoms with E-state index in [-0.39, 0.29) is 0 Å². The van der Waals surface area contributed by atoms with Crippen molar-refractivity contribution in [1.29, 1.82) is 0 Å². The van der Waals surface area contributed by atoms with Crippen molar-refractivity contribution < 1.29 is 17.6 Å². The highest BCUT2D eigenvalue weighted by Crippen LogP contribution is 2.11.